The van der Waals surface area contributed by atoms with E-state index in [9.17, 15) is 4.79 Å². The van der Waals surface area contributed by atoms with Gasteiger partial charge in [-0.05, 0) is 32.0 Å². The maximum absolute atomic E-state index is 12.8. The van der Waals surface area contributed by atoms with Crippen molar-refractivity contribution < 1.29 is 14.3 Å². The van der Waals surface area contributed by atoms with Crippen LogP contribution in [0.5, 0.6) is 11.5 Å². The van der Waals surface area contributed by atoms with E-state index in [0.29, 0.717) is 28.0 Å². The van der Waals surface area contributed by atoms with E-state index in [4.69, 9.17) is 14.5 Å². The number of carbonyl (C=O) groups excluding carboxylic acids is 1. The topological polar surface area (TPSA) is 78.3 Å². The molecule has 7 nitrogen and oxygen atoms in total. The molecule has 0 bridgehead atoms. The summed E-state index contributed by atoms with van der Waals surface area (Å²) in [7, 11) is 0. The van der Waals surface area contributed by atoms with Crippen LogP contribution in [0.4, 0.5) is 5.82 Å². The normalized spacial score (nSPS) is 12.2. The summed E-state index contributed by atoms with van der Waals surface area (Å²) in [6, 6.07) is 15.1. The summed E-state index contributed by atoms with van der Waals surface area (Å²) in [5, 5.41) is 10.1. The molecule has 8 heteroatoms. The molecule has 0 spiro atoms. The number of nitrogens with zero attached hydrogens (tertiary/aromatic N) is 3. The van der Waals surface area contributed by atoms with Gasteiger partial charge in [-0.2, -0.15) is 9.78 Å². The minimum Gasteiger partial charge on any atom is -0.454 e. The molecule has 1 aliphatic rings. The molecule has 30 heavy (non-hydrogen) atoms. The molecule has 2 aromatic heterocycles. The number of aryl methyl sites for hydroxylation is 2. The number of thiazole rings is 1. The van der Waals surface area contributed by atoms with Gasteiger partial charge < -0.3 is 14.8 Å². The summed E-state index contributed by atoms with van der Waals surface area (Å²) >= 11 is 1.47. The Bertz CT molecular complexity index is 1240. The first-order valence-corrected chi connectivity index (χ1v) is 10.3. The number of anilines is 1. The van der Waals surface area contributed by atoms with Crippen molar-refractivity contribution >= 4 is 23.1 Å². The fourth-order valence-corrected chi connectivity index (χ4v) is 3.97. The zero-order chi connectivity index (χ0) is 20.7. The Morgan fingerprint density at radius 2 is 1.87 bits per heavy atom. The standard InChI is InChI=1S/C22H18N4O3S/c1-13-3-5-15(6-4-13)17-11-30-22(23-17)26-20(9-14(2)25-26)24-21(27)16-7-8-18-19(10-16)29-12-28-18/h3-11H,12H2,1-2H3,(H,24,27). The van der Waals surface area contributed by atoms with Crippen LogP contribution in [0.1, 0.15) is 21.6 Å². The molecule has 0 atom stereocenters. The Kier molecular flexibility index (Phi) is 4.48. The van der Waals surface area contributed by atoms with Gasteiger partial charge in [-0.25, -0.2) is 4.98 Å². The first-order valence-electron chi connectivity index (χ1n) is 9.37. The molecule has 0 saturated carbocycles. The lowest BCUT2D eigenvalue weighted by molar-refractivity contribution is 0.102. The zero-order valence-electron chi connectivity index (χ0n) is 16.4. The van der Waals surface area contributed by atoms with Crippen molar-refractivity contribution in [2.45, 2.75) is 13.8 Å². The lowest BCUT2D eigenvalue weighted by Crippen LogP contribution is -2.15. The Morgan fingerprint density at radius 1 is 1.07 bits per heavy atom. The van der Waals surface area contributed by atoms with E-state index >= 15 is 0 Å². The van der Waals surface area contributed by atoms with Crippen molar-refractivity contribution in [3.63, 3.8) is 0 Å². The molecule has 0 saturated heterocycles. The van der Waals surface area contributed by atoms with Crippen LogP contribution in [0.25, 0.3) is 16.4 Å². The second-order valence-electron chi connectivity index (χ2n) is 6.99. The predicted molar refractivity (Wildman–Crippen MR) is 115 cm³/mol. The second kappa shape index (κ2) is 7.31. The number of aromatic nitrogens is 3. The predicted octanol–water partition coefficient (Wildman–Crippen LogP) is 4.59. The maximum atomic E-state index is 12.8. The number of nitrogens with one attached hydrogen (secondary N) is 1. The molecule has 4 aromatic rings. The number of benzene rings is 2. The van der Waals surface area contributed by atoms with E-state index in [1.165, 1.54) is 16.9 Å². The fourth-order valence-electron chi connectivity index (χ4n) is 3.18. The van der Waals surface area contributed by atoms with Gasteiger partial charge in [0.15, 0.2) is 11.5 Å². The van der Waals surface area contributed by atoms with Gasteiger partial charge in [0.1, 0.15) is 5.82 Å². The van der Waals surface area contributed by atoms with Gasteiger partial charge in [-0.1, -0.05) is 29.8 Å². The molecule has 0 unspecified atom stereocenters. The van der Waals surface area contributed by atoms with Crippen LogP contribution in [0.2, 0.25) is 0 Å². The molecule has 0 aliphatic carbocycles. The van der Waals surface area contributed by atoms with Crippen LogP contribution in [-0.2, 0) is 0 Å². The van der Waals surface area contributed by atoms with Crippen LogP contribution < -0.4 is 14.8 Å². The average Bonchev–Trinajstić information content (AvgIpc) is 3.47. The summed E-state index contributed by atoms with van der Waals surface area (Å²) in [6.45, 7) is 4.10. The van der Waals surface area contributed by atoms with Crippen LogP contribution in [0, 0.1) is 13.8 Å². The third kappa shape index (κ3) is 3.42. The number of amides is 1. The SMILES string of the molecule is Cc1ccc(-c2csc(-n3nc(C)cc3NC(=O)c3ccc4c(c3)OCO4)n2)cc1. The maximum Gasteiger partial charge on any atom is 0.256 e. The Labute approximate surface area is 176 Å². The van der Waals surface area contributed by atoms with Gasteiger partial charge in [0.25, 0.3) is 5.91 Å². The number of hydrogen-bond donors (Lipinski definition) is 1. The molecule has 1 N–H and O–H groups in total. The highest BCUT2D eigenvalue weighted by atomic mass is 32.1. The largest absolute Gasteiger partial charge is 0.454 e. The number of fused-ring (bicyclic) bond motifs is 1. The van der Waals surface area contributed by atoms with Crippen molar-refractivity contribution in [1.29, 1.82) is 0 Å². The van der Waals surface area contributed by atoms with Crippen LogP contribution in [0.3, 0.4) is 0 Å². The second-order valence-corrected chi connectivity index (χ2v) is 7.82. The summed E-state index contributed by atoms with van der Waals surface area (Å²) in [5.74, 6) is 1.50. The molecule has 1 aliphatic heterocycles. The van der Waals surface area contributed by atoms with Crippen LogP contribution in [0.15, 0.2) is 53.9 Å². The Balaban J connectivity index is 1.42. The monoisotopic (exact) mass is 418 g/mol. The van der Waals surface area contributed by atoms with Gasteiger partial charge >= 0.3 is 0 Å². The third-order valence-electron chi connectivity index (χ3n) is 4.73. The van der Waals surface area contributed by atoms with Crippen molar-refractivity contribution in [1.82, 2.24) is 14.8 Å². The summed E-state index contributed by atoms with van der Waals surface area (Å²) < 4.78 is 12.3. The summed E-state index contributed by atoms with van der Waals surface area (Å²) in [4.78, 5) is 17.5. The molecular formula is C22H18N4O3S. The molecule has 150 valence electrons. The Morgan fingerprint density at radius 3 is 2.70 bits per heavy atom. The lowest BCUT2D eigenvalue weighted by Gasteiger charge is -2.07. The molecule has 5 rings (SSSR count). The van der Waals surface area contributed by atoms with E-state index in [1.807, 2.05) is 30.5 Å². The van der Waals surface area contributed by atoms with Crippen molar-refractivity contribution in [3.05, 3.63) is 70.7 Å². The Hall–Kier alpha value is -3.65. The highest BCUT2D eigenvalue weighted by Gasteiger charge is 2.19. The molecule has 0 fully saturated rings. The van der Waals surface area contributed by atoms with E-state index in [0.717, 1.165) is 17.0 Å². The fraction of sp³-hybridized carbons (Fsp3) is 0.136. The van der Waals surface area contributed by atoms with E-state index < -0.39 is 0 Å². The minimum atomic E-state index is -0.259. The van der Waals surface area contributed by atoms with Gasteiger partial charge in [0.2, 0.25) is 11.9 Å². The quantitative estimate of drug-likeness (QED) is 0.524. The zero-order valence-corrected chi connectivity index (χ0v) is 17.2. The van der Waals surface area contributed by atoms with E-state index in [1.54, 1.807) is 22.9 Å². The van der Waals surface area contributed by atoms with Gasteiger partial charge in [-0.15, -0.1) is 11.3 Å². The van der Waals surface area contributed by atoms with Gasteiger partial charge in [-0.3, -0.25) is 4.79 Å². The molecule has 2 aromatic carbocycles. The molecule has 0 radical (unpaired) electrons. The van der Waals surface area contributed by atoms with Gasteiger partial charge in [0.05, 0.1) is 11.4 Å². The summed E-state index contributed by atoms with van der Waals surface area (Å²) in [5.41, 5.74) is 4.37. The van der Waals surface area contributed by atoms with Crippen molar-refractivity contribution in [2.75, 3.05) is 12.1 Å². The third-order valence-corrected chi connectivity index (χ3v) is 5.54. The number of carbonyl (C=O) groups is 1. The van der Waals surface area contributed by atoms with Crippen molar-refractivity contribution in [2.24, 2.45) is 0 Å². The molecular weight excluding hydrogens is 400 g/mol. The van der Waals surface area contributed by atoms with Crippen LogP contribution >= 0.6 is 11.3 Å². The summed E-state index contributed by atoms with van der Waals surface area (Å²) in [6.07, 6.45) is 0. The number of ether oxygens (including phenoxy) is 2. The number of rotatable bonds is 4. The minimum absolute atomic E-state index is 0.166. The number of hydrogen-bond acceptors (Lipinski definition) is 6. The smallest absolute Gasteiger partial charge is 0.256 e. The van der Waals surface area contributed by atoms with E-state index in [2.05, 4.69) is 29.5 Å². The molecule has 1 amide bonds. The van der Waals surface area contributed by atoms with Crippen molar-refractivity contribution in [3.8, 4) is 27.9 Å². The van der Waals surface area contributed by atoms with Gasteiger partial charge in [0, 0.05) is 22.6 Å². The average molecular weight is 418 g/mol. The highest BCUT2D eigenvalue weighted by Crippen LogP contribution is 2.33. The van der Waals surface area contributed by atoms with Crippen LogP contribution in [-0.4, -0.2) is 27.5 Å². The first-order chi connectivity index (χ1) is 14.6. The molecule has 3 heterocycles. The van der Waals surface area contributed by atoms with E-state index in [-0.39, 0.29) is 12.7 Å². The highest BCUT2D eigenvalue weighted by molar-refractivity contribution is 7.12. The lowest BCUT2D eigenvalue weighted by atomic mass is 10.1. The first kappa shape index (κ1) is 18.4.